The molecule has 1 aliphatic rings. The van der Waals surface area contributed by atoms with Crippen molar-refractivity contribution in [1.82, 2.24) is 4.90 Å². The number of amides is 2. The molecule has 0 radical (unpaired) electrons. The van der Waals surface area contributed by atoms with Crippen LogP contribution in [0, 0.1) is 11.8 Å². The van der Waals surface area contributed by atoms with Crippen molar-refractivity contribution in [2.75, 3.05) is 37.9 Å². The molecule has 1 saturated heterocycles. The second-order valence-corrected chi connectivity index (χ2v) is 9.40. The molecule has 7 nitrogen and oxygen atoms in total. The second kappa shape index (κ2) is 11.7. The zero-order chi connectivity index (χ0) is 23.8. The van der Waals surface area contributed by atoms with Crippen LogP contribution >= 0.6 is 11.8 Å². The number of nitrogens with one attached hydrogen (secondary N) is 1. The number of benzene rings is 2. The first kappa shape index (κ1) is 24.6. The zero-order valence-electron chi connectivity index (χ0n) is 19.2. The number of carbonyl (C=O) groups is 3. The van der Waals surface area contributed by atoms with Crippen LogP contribution in [0.15, 0.2) is 53.4 Å². The molecule has 2 unspecified atom stereocenters. The maximum atomic E-state index is 12.7. The first-order valence-corrected chi connectivity index (χ1v) is 11.9. The van der Waals surface area contributed by atoms with E-state index >= 15 is 0 Å². The van der Waals surface area contributed by atoms with Crippen LogP contribution in [-0.2, 0) is 14.3 Å². The zero-order valence-corrected chi connectivity index (χ0v) is 20.0. The van der Waals surface area contributed by atoms with Gasteiger partial charge in [-0.3, -0.25) is 9.59 Å². The standard InChI is InChI=1S/C25H30N2O5S/c1-17-11-18(2)14-27(13-17)24(29)15-32-25(30)21-9-4-5-10-22(21)33-16-23(28)26-19-7-6-8-20(12-19)31-3/h4-10,12,17-18H,11,13-16H2,1-3H3,(H,26,28). The summed E-state index contributed by atoms with van der Waals surface area (Å²) in [7, 11) is 1.56. The van der Waals surface area contributed by atoms with E-state index in [4.69, 9.17) is 9.47 Å². The van der Waals surface area contributed by atoms with Crippen LogP contribution in [0.2, 0.25) is 0 Å². The number of thioether (sulfide) groups is 1. The summed E-state index contributed by atoms with van der Waals surface area (Å²) in [5.41, 5.74) is 0.970. The van der Waals surface area contributed by atoms with Crippen LogP contribution < -0.4 is 10.1 Å². The summed E-state index contributed by atoms with van der Waals surface area (Å²) in [6.45, 7) is 5.35. The molecule has 0 aliphatic carbocycles. The number of anilines is 1. The van der Waals surface area contributed by atoms with Crippen LogP contribution in [-0.4, -0.2) is 55.2 Å². The summed E-state index contributed by atoms with van der Waals surface area (Å²) in [5.74, 6) is 0.686. The molecule has 0 aromatic heterocycles. The average molecular weight is 471 g/mol. The van der Waals surface area contributed by atoms with Gasteiger partial charge in [-0.05, 0) is 42.5 Å². The van der Waals surface area contributed by atoms with Crippen LogP contribution in [0.25, 0.3) is 0 Å². The van der Waals surface area contributed by atoms with Gasteiger partial charge in [-0.25, -0.2) is 4.79 Å². The molecule has 1 heterocycles. The van der Waals surface area contributed by atoms with Gasteiger partial charge in [0.1, 0.15) is 5.75 Å². The normalized spacial score (nSPS) is 17.8. The fourth-order valence-corrected chi connectivity index (χ4v) is 4.81. The van der Waals surface area contributed by atoms with Crippen molar-refractivity contribution >= 4 is 35.2 Å². The minimum Gasteiger partial charge on any atom is -0.497 e. The molecule has 1 N–H and O–H groups in total. The van der Waals surface area contributed by atoms with Crippen molar-refractivity contribution < 1.29 is 23.9 Å². The number of carbonyl (C=O) groups excluding carboxylic acids is 3. The molecule has 2 aromatic carbocycles. The molecule has 0 spiro atoms. The number of esters is 1. The smallest absolute Gasteiger partial charge is 0.339 e. The van der Waals surface area contributed by atoms with Crippen molar-refractivity contribution in [2.45, 2.75) is 25.2 Å². The van der Waals surface area contributed by atoms with E-state index < -0.39 is 5.97 Å². The maximum Gasteiger partial charge on any atom is 0.339 e. The number of piperidine rings is 1. The summed E-state index contributed by atoms with van der Waals surface area (Å²) in [6, 6.07) is 14.0. The van der Waals surface area contributed by atoms with Crippen molar-refractivity contribution in [3.63, 3.8) is 0 Å². The Morgan fingerprint density at radius 1 is 1.06 bits per heavy atom. The van der Waals surface area contributed by atoms with E-state index in [1.807, 2.05) is 0 Å². The third-order valence-electron chi connectivity index (χ3n) is 5.37. The van der Waals surface area contributed by atoms with Gasteiger partial charge in [-0.2, -0.15) is 0 Å². The van der Waals surface area contributed by atoms with E-state index in [1.165, 1.54) is 11.8 Å². The highest BCUT2D eigenvalue weighted by Crippen LogP contribution is 2.25. The second-order valence-electron chi connectivity index (χ2n) is 8.39. The predicted molar refractivity (Wildman–Crippen MR) is 129 cm³/mol. The molecular weight excluding hydrogens is 440 g/mol. The molecule has 33 heavy (non-hydrogen) atoms. The Bertz CT molecular complexity index is 986. The van der Waals surface area contributed by atoms with Gasteiger partial charge in [0.15, 0.2) is 6.61 Å². The first-order chi connectivity index (χ1) is 15.9. The third kappa shape index (κ3) is 7.25. The highest BCUT2D eigenvalue weighted by atomic mass is 32.2. The molecule has 0 saturated carbocycles. The van der Waals surface area contributed by atoms with Crippen LogP contribution in [0.4, 0.5) is 5.69 Å². The fourth-order valence-electron chi connectivity index (χ4n) is 3.97. The number of rotatable bonds is 8. The molecule has 8 heteroatoms. The highest BCUT2D eigenvalue weighted by Gasteiger charge is 2.26. The van der Waals surface area contributed by atoms with E-state index in [2.05, 4.69) is 19.2 Å². The maximum absolute atomic E-state index is 12.7. The molecule has 2 amide bonds. The number of hydrogen-bond acceptors (Lipinski definition) is 6. The number of methoxy groups -OCH3 is 1. The van der Waals surface area contributed by atoms with Gasteiger partial charge < -0.3 is 19.7 Å². The Labute approximate surface area is 198 Å². The Kier molecular flexibility index (Phi) is 8.77. The highest BCUT2D eigenvalue weighted by molar-refractivity contribution is 8.00. The lowest BCUT2D eigenvalue weighted by Gasteiger charge is -2.34. The lowest BCUT2D eigenvalue weighted by Crippen LogP contribution is -2.44. The van der Waals surface area contributed by atoms with Crippen molar-refractivity contribution in [1.29, 1.82) is 0 Å². The lowest BCUT2D eigenvalue weighted by atomic mass is 9.92. The number of hydrogen-bond donors (Lipinski definition) is 1. The predicted octanol–water partition coefficient (Wildman–Crippen LogP) is 4.09. The van der Waals surface area contributed by atoms with Crippen LogP contribution in [0.3, 0.4) is 0 Å². The molecule has 1 aliphatic heterocycles. The monoisotopic (exact) mass is 470 g/mol. The summed E-state index contributed by atoms with van der Waals surface area (Å²) in [6.07, 6.45) is 1.10. The summed E-state index contributed by atoms with van der Waals surface area (Å²) in [5, 5.41) is 2.81. The summed E-state index contributed by atoms with van der Waals surface area (Å²) >= 11 is 1.24. The Morgan fingerprint density at radius 2 is 1.79 bits per heavy atom. The third-order valence-corrected chi connectivity index (χ3v) is 6.44. The van der Waals surface area contributed by atoms with E-state index in [0.29, 0.717) is 46.8 Å². The van der Waals surface area contributed by atoms with E-state index in [1.54, 1.807) is 60.5 Å². The van der Waals surface area contributed by atoms with Gasteiger partial charge in [-0.1, -0.05) is 32.0 Å². The summed E-state index contributed by atoms with van der Waals surface area (Å²) < 4.78 is 10.5. The Hall–Kier alpha value is -3.00. The number of nitrogens with zero attached hydrogens (tertiary/aromatic N) is 1. The van der Waals surface area contributed by atoms with Crippen molar-refractivity contribution in [3.8, 4) is 5.75 Å². The lowest BCUT2D eigenvalue weighted by molar-refractivity contribution is -0.137. The molecule has 0 bridgehead atoms. The van der Waals surface area contributed by atoms with E-state index in [-0.39, 0.29) is 24.2 Å². The van der Waals surface area contributed by atoms with Crippen molar-refractivity contribution in [2.24, 2.45) is 11.8 Å². The topological polar surface area (TPSA) is 84.9 Å². The Balaban J connectivity index is 1.54. The van der Waals surface area contributed by atoms with E-state index in [0.717, 1.165) is 6.42 Å². The van der Waals surface area contributed by atoms with Crippen LogP contribution in [0.1, 0.15) is 30.6 Å². The van der Waals surface area contributed by atoms with Gasteiger partial charge in [0.2, 0.25) is 5.91 Å². The average Bonchev–Trinajstić information content (AvgIpc) is 2.80. The molecule has 2 atom stereocenters. The van der Waals surface area contributed by atoms with Gasteiger partial charge in [0.05, 0.1) is 18.4 Å². The quantitative estimate of drug-likeness (QED) is 0.462. The Morgan fingerprint density at radius 3 is 2.52 bits per heavy atom. The van der Waals surface area contributed by atoms with E-state index in [9.17, 15) is 14.4 Å². The molecule has 1 fully saturated rings. The minimum atomic E-state index is -0.572. The van der Waals surface area contributed by atoms with Gasteiger partial charge >= 0.3 is 5.97 Å². The molecule has 2 aromatic rings. The SMILES string of the molecule is COc1cccc(NC(=O)CSc2ccccc2C(=O)OCC(=O)N2CC(C)CC(C)C2)c1. The largest absolute Gasteiger partial charge is 0.497 e. The fraction of sp³-hybridized carbons (Fsp3) is 0.400. The molecule has 3 rings (SSSR count). The van der Waals surface area contributed by atoms with Gasteiger partial charge in [0.25, 0.3) is 5.91 Å². The minimum absolute atomic E-state index is 0.115. The number of ether oxygens (including phenoxy) is 2. The summed E-state index contributed by atoms with van der Waals surface area (Å²) in [4.78, 5) is 40.0. The van der Waals surface area contributed by atoms with Gasteiger partial charge in [0, 0.05) is 29.7 Å². The first-order valence-electron chi connectivity index (χ1n) is 11.0. The van der Waals surface area contributed by atoms with Crippen molar-refractivity contribution in [3.05, 3.63) is 54.1 Å². The van der Waals surface area contributed by atoms with Crippen LogP contribution in [0.5, 0.6) is 5.75 Å². The van der Waals surface area contributed by atoms with Gasteiger partial charge in [-0.15, -0.1) is 11.8 Å². The molecule has 176 valence electrons. The molecular formula is C25H30N2O5S. The number of likely N-dealkylation sites (tertiary alicyclic amines) is 1.